The summed E-state index contributed by atoms with van der Waals surface area (Å²) in [6.45, 7) is 2.89. The van der Waals surface area contributed by atoms with Crippen LogP contribution >= 0.6 is 0 Å². The Balaban J connectivity index is 2.81. The summed E-state index contributed by atoms with van der Waals surface area (Å²) < 4.78 is 5.25. The summed E-state index contributed by atoms with van der Waals surface area (Å²) in [5.41, 5.74) is 6.28. The lowest BCUT2D eigenvalue weighted by Crippen LogP contribution is -2.17. The van der Waals surface area contributed by atoms with E-state index in [1.165, 1.54) is 0 Å². The number of pyridine rings is 1. The Labute approximate surface area is 83.7 Å². The highest BCUT2D eigenvalue weighted by Gasteiger charge is 2.10. The maximum atomic E-state index is 9.04. The summed E-state index contributed by atoms with van der Waals surface area (Å²) in [5, 5.41) is 9.04. The molecule has 0 amide bonds. The van der Waals surface area contributed by atoms with Crippen molar-refractivity contribution in [1.82, 2.24) is 4.98 Å². The predicted octanol–water partition coefficient (Wildman–Crippen LogP) is 0.515. The van der Waals surface area contributed by atoms with Crippen molar-refractivity contribution in [3.8, 4) is 5.88 Å². The van der Waals surface area contributed by atoms with E-state index in [9.17, 15) is 0 Å². The molecular weight excluding hydrogens is 180 g/mol. The van der Waals surface area contributed by atoms with Crippen LogP contribution in [0.3, 0.4) is 0 Å². The molecule has 1 unspecified atom stereocenters. The van der Waals surface area contributed by atoms with Crippen LogP contribution < -0.4 is 10.5 Å². The molecule has 1 rings (SSSR count). The lowest BCUT2D eigenvalue weighted by molar-refractivity contribution is 0.263. The Hall–Kier alpha value is -1.13. The van der Waals surface area contributed by atoms with Crippen LogP contribution in [0.1, 0.15) is 18.5 Å². The van der Waals surface area contributed by atoms with Crippen LogP contribution in [0.15, 0.2) is 18.2 Å². The first-order chi connectivity index (χ1) is 6.81. The van der Waals surface area contributed by atoms with Gasteiger partial charge in [-0.2, -0.15) is 0 Å². The molecule has 4 nitrogen and oxygen atoms in total. The van der Waals surface area contributed by atoms with Crippen molar-refractivity contribution in [2.24, 2.45) is 5.73 Å². The molecule has 78 valence electrons. The van der Waals surface area contributed by atoms with E-state index >= 15 is 0 Å². The van der Waals surface area contributed by atoms with Crippen molar-refractivity contribution in [3.05, 3.63) is 23.9 Å². The average Bonchev–Trinajstić information content (AvgIpc) is 2.21. The fourth-order valence-corrected chi connectivity index (χ4v) is 1.18. The number of nitrogens with two attached hydrogens (primary N) is 1. The number of hydrogen-bond donors (Lipinski definition) is 2. The normalized spacial score (nSPS) is 12.5. The average molecular weight is 196 g/mol. The molecule has 0 aliphatic heterocycles. The highest BCUT2D eigenvalue weighted by atomic mass is 16.5. The second-order valence-corrected chi connectivity index (χ2v) is 2.95. The summed E-state index contributed by atoms with van der Waals surface area (Å²) in [6, 6.07) is 5.49. The monoisotopic (exact) mass is 196 g/mol. The summed E-state index contributed by atoms with van der Waals surface area (Å²) in [4.78, 5) is 4.24. The highest BCUT2D eigenvalue weighted by molar-refractivity contribution is 5.19. The van der Waals surface area contributed by atoms with E-state index in [1.807, 2.05) is 19.1 Å². The van der Waals surface area contributed by atoms with E-state index in [-0.39, 0.29) is 12.5 Å². The van der Waals surface area contributed by atoms with Gasteiger partial charge in [0.1, 0.15) is 0 Å². The maximum absolute atomic E-state index is 9.04. The van der Waals surface area contributed by atoms with E-state index in [0.717, 1.165) is 5.69 Å². The number of aliphatic hydroxyl groups excluding tert-OH is 1. The van der Waals surface area contributed by atoms with Gasteiger partial charge in [-0.15, -0.1) is 0 Å². The third kappa shape index (κ3) is 2.68. The van der Waals surface area contributed by atoms with Crippen LogP contribution in [-0.4, -0.2) is 29.8 Å². The molecule has 0 radical (unpaired) electrons. The van der Waals surface area contributed by atoms with Crippen LogP contribution in [0.2, 0.25) is 0 Å². The van der Waals surface area contributed by atoms with E-state index < -0.39 is 0 Å². The first-order valence-corrected chi connectivity index (χ1v) is 4.72. The van der Waals surface area contributed by atoms with Gasteiger partial charge >= 0.3 is 0 Å². The summed E-state index contributed by atoms with van der Waals surface area (Å²) in [7, 11) is 0. The smallest absolute Gasteiger partial charge is 0.213 e. The fourth-order valence-electron chi connectivity index (χ4n) is 1.18. The summed E-state index contributed by atoms with van der Waals surface area (Å²) in [6.07, 6.45) is 0. The van der Waals surface area contributed by atoms with E-state index in [4.69, 9.17) is 15.6 Å². The molecule has 0 saturated heterocycles. The third-order valence-electron chi connectivity index (χ3n) is 1.96. The minimum atomic E-state index is -0.101. The quantitative estimate of drug-likeness (QED) is 0.720. The molecule has 0 bridgehead atoms. The van der Waals surface area contributed by atoms with Gasteiger partial charge in [-0.3, -0.25) is 0 Å². The molecule has 14 heavy (non-hydrogen) atoms. The van der Waals surface area contributed by atoms with E-state index in [2.05, 4.69) is 4.98 Å². The Morgan fingerprint density at radius 2 is 2.36 bits per heavy atom. The molecule has 3 N–H and O–H groups in total. The van der Waals surface area contributed by atoms with Crippen LogP contribution in [0, 0.1) is 0 Å². The Morgan fingerprint density at radius 1 is 1.57 bits per heavy atom. The Kier molecular flexibility index (Phi) is 4.35. The van der Waals surface area contributed by atoms with Crippen molar-refractivity contribution in [2.45, 2.75) is 12.8 Å². The van der Waals surface area contributed by atoms with Crippen molar-refractivity contribution in [3.63, 3.8) is 0 Å². The van der Waals surface area contributed by atoms with Crippen molar-refractivity contribution in [1.29, 1.82) is 0 Å². The van der Waals surface area contributed by atoms with Gasteiger partial charge in [0.2, 0.25) is 5.88 Å². The fraction of sp³-hybridized carbons (Fsp3) is 0.500. The summed E-state index contributed by atoms with van der Waals surface area (Å²) >= 11 is 0. The number of hydrogen-bond acceptors (Lipinski definition) is 4. The van der Waals surface area contributed by atoms with Gasteiger partial charge < -0.3 is 15.6 Å². The van der Waals surface area contributed by atoms with Crippen LogP contribution in [-0.2, 0) is 0 Å². The van der Waals surface area contributed by atoms with Crippen molar-refractivity contribution in [2.75, 3.05) is 19.8 Å². The molecule has 0 saturated carbocycles. The van der Waals surface area contributed by atoms with Gasteiger partial charge in [-0.25, -0.2) is 4.98 Å². The van der Waals surface area contributed by atoms with Gasteiger partial charge in [-0.05, 0) is 13.0 Å². The van der Waals surface area contributed by atoms with Crippen molar-refractivity contribution < 1.29 is 9.84 Å². The second kappa shape index (κ2) is 5.57. The minimum Gasteiger partial charge on any atom is -0.478 e. The first kappa shape index (κ1) is 10.9. The third-order valence-corrected chi connectivity index (χ3v) is 1.96. The highest BCUT2D eigenvalue weighted by Crippen LogP contribution is 2.15. The molecule has 0 aliphatic carbocycles. The zero-order chi connectivity index (χ0) is 10.4. The van der Waals surface area contributed by atoms with Gasteiger partial charge in [-0.1, -0.05) is 6.07 Å². The number of aromatic nitrogens is 1. The van der Waals surface area contributed by atoms with Gasteiger partial charge in [0.05, 0.1) is 18.9 Å². The molecule has 0 spiro atoms. The molecule has 1 aromatic rings. The molecule has 1 aromatic heterocycles. The van der Waals surface area contributed by atoms with Gasteiger partial charge in [0.15, 0.2) is 0 Å². The number of ether oxygens (including phenoxy) is 1. The van der Waals surface area contributed by atoms with Crippen LogP contribution in [0.4, 0.5) is 0 Å². The number of aliphatic hydroxyl groups is 1. The van der Waals surface area contributed by atoms with Crippen molar-refractivity contribution >= 4 is 0 Å². The molecule has 1 heterocycles. The van der Waals surface area contributed by atoms with Crippen LogP contribution in [0.25, 0.3) is 0 Å². The molecule has 0 aliphatic rings. The molecular formula is C10H16N2O2. The summed E-state index contributed by atoms with van der Waals surface area (Å²) in [5.74, 6) is 0.479. The SMILES string of the molecule is CCOc1cccc(C(CN)CO)n1. The lowest BCUT2D eigenvalue weighted by Gasteiger charge is -2.11. The topological polar surface area (TPSA) is 68.4 Å². The Bertz CT molecular complexity index is 275. The largest absolute Gasteiger partial charge is 0.478 e. The van der Waals surface area contributed by atoms with Gasteiger partial charge in [0.25, 0.3) is 0 Å². The standard InChI is InChI=1S/C10H16N2O2/c1-2-14-10-5-3-4-9(12-10)8(6-11)7-13/h3-5,8,13H,2,6-7,11H2,1H3. The number of nitrogens with zero attached hydrogens (tertiary/aromatic N) is 1. The molecule has 0 aromatic carbocycles. The number of rotatable bonds is 5. The first-order valence-electron chi connectivity index (χ1n) is 4.72. The van der Waals surface area contributed by atoms with E-state index in [0.29, 0.717) is 19.0 Å². The molecule has 0 fully saturated rings. The zero-order valence-electron chi connectivity index (χ0n) is 8.31. The van der Waals surface area contributed by atoms with Gasteiger partial charge in [0, 0.05) is 18.5 Å². The predicted molar refractivity (Wildman–Crippen MR) is 54.3 cm³/mol. The molecule has 4 heteroatoms. The minimum absolute atomic E-state index is 0.0130. The Morgan fingerprint density at radius 3 is 2.93 bits per heavy atom. The molecule has 1 atom stereocenters. The van der Waals surface area contributed by atoms with E-state index in [1.54, 1.807) is 6.07 Å². The zero-order valence-corrected chi connectivity index (χ0v) is 8.31. The van der Waals surface area contributed by atoms with Crippen LogP contribution in [0.5, 0.6) is 5.88 Å². The maximum Gasteiger partial charge on any atom is 0.213 e. The lowest BCUT2D eigenvalue weighted by atomic mass is 10.1. The second-order valence-electron chi connectivity index (χ2n) is 2.95.